The minimum absolute atomic E-state index is 0.544. The third kappa shape index (κ3) is 4.65. The molecule has 1 aromatic carbocycles. The van der Waals surface area contributed by atoms with Crippen LogP contribution in [0.25, 0.3) is 0 Å². The van der Waals surface area contributed by atoms with E-state index in [-0.39, 0.29) is 0 Å². The molecule has 1 aromatic heterocycles. The molecule has 2 aromatic rings. The molecule has 0 aliphatic heterocycles. The maximum Gasteiger partial charge on any atom is 0.140 e. The molecule has 4 heteroatoms. The monoisotopic (exact) mass is 276 g/mol. The fraction of sp³-hybridized carbons (Fsp3) is 0.400. The van der Waals surface area contributed by atoms with Gasteiger partial charge in [-0.3, -0.25) is 0 Å². The lowest BCUT2D eigenvalue weighted by Crippen LogP contribution is -2.14. The third-order valence-corrected chi connectivity index (χ3v) is 3.56. The van der Waals surface area contributed by atoms with Crippen LogP contribution in [0, 0.1) is 6.92 Å². The number of ether oxygens (including phenoxy) is 1. The molecule has 0 saturated carbocycles. The molecule has 1 N–H and O–H groups in total. The van der Waals surface area contributed by atoms with Crippen LogP contribution in [0.3, 0.4) is 0 Å². The van der Waals surface area contributed by atoms with Gasteiger partial charge < -0.3 is 10.1 Å². The number of hydrogen-bond donors (Lipinski definition) is 1. The lowest BCUT2D eigenvalue weighted by Gasteiger charge is -2.04. The van der Waals surface area contributed by atoms with Gasteiger partial charge in [-0.1, -0.05) is 19.1 Å². The molecule has 0 fully saturated rings. The van der Waals surface area contributed by atoms with Crippen LogP contribution < -0.4 is 10.1 Å². The molecule has 0 radical (unpaired) electrons. The Balaban J connectivity index is 1.83. The molecule has 0 atom stereocenters. The van der Waals surface area contributed by atoms with Crippen LogP contribution in [0.15, 0.2) is 29.6 Å². The number of thiazole rings is 1. The zero-order valence-electron chi connectivity index (χ0n) is 11.5. The summed E-state index contributed by atoms with van der Waals surface area (Å²) in [6, 6.07) is 8.09. The van der Waals surface area contributed by atoms with E-state index in [2.05, 4.69) is 35.6 Å². The molecule has 19 heavy (non-hydrogen) atoms. The Bertz CT molecular complexity index is 510. The summed E-state index contributed by atoms with van der Waals surface area (Å²) in [5.74, 6) is 0.904. The summed E-state index contributed by atoms with van der Waals surface area (Å²) in [7, 11) is 0. The Morgan fingerprint density at radius 1 is 1.37 bits per heavy atom. The number of aryl methyl sites for hydroxylation is 1. The predicted molar refractivity (Wildman–Crippen MR) is 79.6 cm³/mol. The van der Waals surface area contributed by atoms with Crippen molar-refractivity contribution in [3.8, 4) is 5.75 Å². The highest BCUT2D eigenvalue weighted by atomic mass is 32.1. The fourth-order valence-corrected chi connectivity index (χ4v) is 2.44. The van der Waals surface area contributed by atoms with Crippen LogP contribution in [-0.4, -0.2) is 11.5 Å². The van der Waals surface area contributed by atoms with Gasteiger partial charge in [-0.2, -0.15) is 0 Å². The van der Waals surface area contributed by atoms with Crippen molar-refractivity contribution in [2.24, 2.45) is 0 Å². The van der Waals surface area contributed by atoms with Gasteiger partial charge in [0.2, 0.25) is 0 Å². The second-order valence-electron chi connectivity index (χ2n) is 4.51. The second-order valence-corrected chi connectivity index (χ2v) is 5.46. The summed E-state index contributed by atoms with van der Waals surface area (Å²) in [6.07, 6.45) is 1.15. The lowest BCUT2D eigenvalue weighted by molar-refractivity contribution is 0.305. The van der Waals surface area contributed by atoms with Crippen LogP contribution in [0.5, 0.6) is 5.75 Å². The van der Waals surface area contributed by atoms with Gasteiger partial charge in [-0.05, 0) is 37.6 Å². The first kappa shape index (κ1) is 14.0. The zero-order valence-corrected chi connectivity index (χ0v) is 12.3. The van der Waals surface area contributed by atoms with Crippen molar-refractivity contribution >= 4 is 11.3 Å². The maximum absolute atomic E-state index is 5.74. The van der Waals surface area contributed by atoms with Crippen molar-refractivity contribution in [3.63, 3.8) is 0 Å². The highest BCUT2D eigenvalue weighted by Crippen LogP contribution is 2.16. The first-order valence-corrected chi connectivity index (χ1v) is 7.49. The van der Waals surface area contributed by atoms with Gasteiger partial charge in [0.1, 0.15) is 17.4 Å². The normalized spacial score (nSPS) is 10.6. The summed E-state index contributed by atoms with van der Waals surface area (Å²) in [5, 5.41) is 6.47. The number of benzene rings is 1. The van der Waals surface area contributed by atoms with E-state index in [1.54, 1.807) is 11.3 Å². The number of nitrogens with zero attached hydrogens (tertiary/aromatic N) is 1. The topological polar surface area (TPSA) is 34.1 Å². The van der Waals surface area contributed by atoms with Crippen molar-refractivity contribution in [1.82, 2.24) is 10.3 Å². The van der Waals surface area contributed by atoms with Gasteiger partial charge in [-0.15, -0.1) is 11.3 Å². The van der Waals surface area contributed by atoms with Crippen molar-refractivity contribution in [1.29, 1.82) is 0 Å². The van der Waals surface area contributed by atoms with E-state index in [9.17, 15) is 0 Å². The van der Waals surface area contributed by atoms with Gasteiger partial charge in [0, 0.05) is 11.9 Å². The molecule has 1 heterocycles. The van der Waals surface area contributed by atoms with Crippen molar-refractivity contribution in [3.05, 3.63) is 45.9 Å². The molecule has 0 amide bonds. The number of hydrogen-bond acceptors (Lipinski definition) is 4. The molecule has 0 unspecified atom stereocenters. The summed E-state index contributed by atoms with van der Waals surface area (Å²) in [6.45, 7) is 6.65. The van der Waals surface area contributed by atoms with Crippen LogP contribution in [0.4, 0.5) is 0 Å². The average molecular weight is 276 g/mol. The predicted octanol–water partition coefficient (Wildman–Crippen LogP) is 3.53. The van der Waals surface area contributed by atoms with Crippen molar-refractivity contribution in [2.45, 2.75) is 33.4 Å². The number of nitrogens with one attached hydrogen (secondary N) is 1. The molecule has 0 spiro atoms. The summed E-state index contributed by atoms with van der Waals surface area (Å²) < 4.78 is 5.74. The van der Waals surface area contributed by atoms with E-state index in [0.29, 0.717) is 6.61 Å². The standard InChI is InChI=1S/C15H20N2OS/c1-3-7-16-9-13-11-19-15(17-13)10-18-14-6-4-5-12(2)8-14/h4-6,8,11,16H,3,7,9-10H2,1-2H3. The smallest absolute Gasteiger partial charge is 0.140 e. The Labute approximate surface area is 118 Å². The Morgan fingerprint density at radius 2 is 2.26 bits per heavy atom. The summed E-state index contributed by atoms with van der Waals surface area (Å²) in [4.78, 5) is 4.55. The van der Waals surface area contributed by atoms with Crippen molar-refractivity contribution < 1.29 is 4.74 Å². The summed E-state index contributed by atoms with van der Waals surface area (Å²) in [5.41, 5.74) is 2.31. The maximum atomic E-state index is 5.74. The molecule has 3 nitrogen and oxygen atoms in total. The number of aromatic nitrogens is 1. The van der Waals surface area contributed by atoms with Gasteiger partial charge in [0.15, 0.2) is 0 Å². The first-order chi connectivity index (χ1) is 9.28. The molecule has 102 valence electrons. The zero-order chi connectivity index (χ0) is 13.5. The highest BCUT2D eigenvalue weighted by molar-refractivity contribution is 7.09. The van der Waals surface area contributed by atoms with E-state index in [4.69, 9.17) is 4.74 Å². The minimum Gasteiger partial charge on any atom is -0.486 e. The van der Waals surface area contributed by atoms with Crippen LogP contribution >= 0.6 is 11.3 Å². The largest absolute Gasteiger partial charge is 0.486 e. The second kappa shape index (κ2) is 7.26. The van der Waals surface area contributed by atoms with Gasteiger partial charge in [0.25, 0.3) is 0 Å². The van der Waals surface area contributed by atoms with Crippen LogP contribution in [-0.2, 0) is 13.2 Å². The third-order valence-electron chi connectivity index (χ3n) is 2.68. The number of rotatable bonds is 7. The lowest BCUT2D eigenvalue weighted by atomic mass is 10.2. The Hall–Kier alpha value is -1.39. The van der Waals surface area contributed by atoms with E-state index in [1.165, 1.54) is 5.56 Å². The Kier molecular flexibility index (Phi) is 5.36. The molecular formula is C15H20N2OS. The molecule has 0 saturated heterocycles. The van der Waals surface area contributed by atoms with E-state index < -0.39 is 0 Å². The molecular weight excluding hydrogens is 256 g/mol. The fourth-order valence-electron chi connectivity index (χ4n) is 1.74. The van der Waals surface area contributed by atoms with Crippen LogP contribution in [0.1, 0.15) is 29.6 Å². The SMILES string of the molecule is CCCNCc1csc(COc2cccc(C)c2)n1. The molecule has 2 rings (SSSR count). The van der Waals surface area contributed by atoms with E-state index in [0.717, 1.165) is 36.0 Å². The van der Waals surface area contributed by atoms with E-state index >= 15 is 0 Å². The molecule has 0 aliphatic rings. The molecule has 0 bridgehead atoms. The summed E-state index contributed by atoms with van der Waals surface area (Å²) >= 11 is 1.65. The highest BCUT2D eigenvalue weighted by Gasteiger charge is 2.03. The minimum atomic E-state index is 0.544. The molecule has 0 aliphatic carbocycles. The van der Waals surface area contributed by atoms with Gasteiger partial charge >= 0.3 is 0 Å². The Morgan fingerprint density at radius 3 is 3.05 bits per heavy atom. The van der Waals surface area contributed by atoms with Gasteiger partial charge in [0.05, 0.1) is 5.69 Å². The first-order valence-electron chi connectivity index (χ1n) is 6.61. The average Bonchev–Trinajstić information content (AvgIpc) is 2.85. The quantitative estimate of drug-likeness (QED) is 0.786. The van der Waals surface area contributed by atoms with Gasteiger partial charge in [-0.25, -0.2) is 4.98 Å². The van der Waals surface area contributed by atoms with Crippen molar-refractivity contribution in [2.75, 3.05) is 6.54 Å². The van der Waals surface area contributed by atoms with E-state index in [1.807, 2.05) is 18.2 Å². The van der Waals surface area contributed by atoms with Crippen LogP contribution in [0.2, 0.25) is 0 Å².